The lowest BCUT2D eigenvalue weighted by Gasteiger charge is -2.35. The lowest BCUT2D eigenvalue weighted by atomic mass is 10.1. The second kappa shape index (κ2) is 5.16. The fourth-order valence-corrected chi connectivity index (χ4v) is 3.17. The van der Waals surface area contributed by atoms with E-state index in [4.69, 9.17) is 9.84 Å². The van der Waals surface area contributed by atoms with Gasteiger partial charge in [-0.15, -0.1) is 11.3 Å². The molecule has 17 heavy (non-hydrogen) atoms. The van der Waals surface area contributed by atoms with Crippen molar-refractivity contribution >= 4 is 17.3 Å². The average molecular weight is 255 g/mol. The Morgan fingerprint density at radius 2 is 2.47 bits per heavy atom. The van der Waals surface area contributed by atoms with Crippen molar-refractivity contribution in [2.75, 3.05) is 19.7 Å². The molecule has 2 heterocycles. The molecule has 0 amide bonds. The number of rotatable bonds is 3. The molecule has 2 atom stereocenters. The van der Waals surface area contributed by atoms with E-state index in [0.29, 0.717) is 13.2 Å². The number of hydrogen-bond donors (Lipinski definition) is 1. The van der Waals surface area contributed by atoms with Crippen molar-refractivity contribution in [1.82, 2.24) is 4.90 Å². The Morgan fingerprint density at radius 1 is 1.71 bits per heavy atom. The molecule has 2 rings (SSSR count). The summed E-state index contributed by atoms with van der Waals surface area (Å²) in [7, 11) is 0. The van der Waals surface area contributed by atoms with Crippen molar-refractivity contribution in [3.8, 4) is 0 Å². The molecule has 0 radical (unpaired) electrons. The summed E-state index contributed by atoms with van der Waals surface area (Å²) in [6.45, 7) is 5.97. The SMILES string of the molecule is Cc1ccsc1C(C)N1CCOC(C(=O)O)C1. The number of hydrogen-bond acceptors (Lipinski definition) is 4. The summed E-state index contributed by atoms with van der Waals surface area (Å²) < 4.78 is 5.23. The van der Waals surface area contributed by atoms with Crippen LogP contribution in [0.5, 0.6) is 0 Å². The molecule has 1 aromatic rings. The highest BCUT2D eigenvalue weighted by atomic mass is 32.1. The van der Waals surface area contributed by atoms with Gasteiger partial charge in [-0.3, -0.25) is 4.90 Å². The molecular weight excluding hydrogens is 238 g/mol. The summed E-state index contributed by atoms with van der Waals surface area (Å²) in [5.41, 5.74) is 1.28. The Kier molecular flexibility index (Phi) is 3.81. The van der Waals surface area contributed by atoms with Gasteiger partial charge in [-0.25, -0.2) is 4.79 Å². The zero-order valence-electron chi connectivity index (χ0n) is 10.0. The third-order valence-electron chi connectivity index (χ3n) is 3.20. The molecule has 0 aromatic carbocycles. The average Bonchev–Trinajstić information content (AvgIpc) is 2.74. The summed E-state index contributed by atoms with van der Waals surface area (Å²) in [6.07, 6.45) is -0.688. The number of carboxylic acids is 1. The van der Waals surface area contributed by atoms with Crippen LogP contribution in [-0.4, -0.2) is 41.8 Å². The first-order chi connectivity index (χ1) is 8.09. The summed E-state index contributed by atoms with van der Waals surface area (Å²) in [5, 5.41) is 11.1. The van der Waals surface area contributed by atoms with Crippen molar-refractivity contribution in [2.45, 2.75) is 26.0 Å². The predicted octanol–water partition coefficient (Wildman–Crippen LogP) is 1.90. The van der Waals surface area contributed by atoms with Gasteiger partial charge in [0.25, 0.3) is 0 Å². The van der Waals surface area contributed by atoms with E-state index in [0.717, 1.165) is 6.54 Å². The van der Waals surface area contributed by atoms with Crippen molar-refractivity contribution in [3.63, 3.8) is 0 Å². The predicted molar refractivity (Wildman–Crippen MR) is 66.4 cm³/mol. The Bertz CT molecular complexity index is 404. The molecule has 1 fully saturated rings. The first-order valence-corrected chi connectivity index (χ1v) is 6.60. The van der Waals surface area contributed by atoms with Crippen LogP contribution in [0.15, 0.2) is 11.4 Å². The van der Waals surface area contributed by atoms with E-state index in [1.165, 1.54) is 10.4 Å². The van der Waals surface area contributed by atoms with Gasteiger partial charge in [-0.05, 0) is 30.9 Å². The van der Waals surface area contributed by atoms with Gasteiger partial charge < -0.3 is 9.84 Å². The van der Waals surface area contributed by atoms with E-state index < -0.39 is 12.1 Å². The summed E-state index contributed by atoms with van der Waals surface area (Å²) in [4.78, 5) is 14.4. The maximum Gasteiger partial charge on any atom is 0.334 e. The Hall–Kier alpha value is -0.910. The fraction of sp³-hybridized carbons (Fsp3) is 0.583. The van der Waals surface area contributed by atoms with E-state index in [9.17, 15) is 4.79 Å². The molecular formula is C12H17NO3S. The van der Waals surface area contributed by atoms with Crippen LogP contribution < -0.4 is 0 Å². The highest BCUT2D eigenvalue weighted by Crippen LogP contribution is 2.29. The third kappa shape index (κ3) is 2.68. The van der Waals surface area contributed by atoms with E-state index in [1.807, 2.05) is 0 Å². The summed E-state index contributed by atoms with van der Waals surface area (Å²) >= 11 is 1.73. The number of carbonyl (C=O) groups is 1. The molecule has 0 spiro atoms. The molecule has 4 nitrogen and oxygen atoms in total. The van der Waals surface area contributed by atoms with Crippen LogP contribution in [0, 0.1) is 6.92 Å². The normalized spacial score (nSPS) is 23.5. The second-order valence-corrected chi connectivity index (χ2v) is 5.28. The Morgan fingerprint density at radius 3 is 3.06 bits per heavy atom. The lowest BCUT2D eigenvalue weighted by molar-refractivity contribution is -0.157. The number of carboxylic acid groups (broad SMARTS) is 1. The Balaban J connectivity index is 2.07. The van der Waals surface area contributed by atoms with Gasteiger partial charge in [-0.2, -0.15) is 0 Å². The smallest absolute Gasteiger partial charge is 0.334 e. The van der Waals surface area contributed by atoms with E-state index >= 15 is 0 Å². The van der Waals surface area contributed by atoms with Crippen molar-refractivity contribution in [1.29, 1.82) is 0 Å². The van der Waals surface area contributed by atoms with Crippen LogP contribution in [0.25, 0.3) is 0 Å². The molecule has 0 saturated carbocycles. The highest BCUT2D eigenvalue weighted by molar-refractivity contribution is 7.10. The molecule has 1 aliphatic heterocycles. The van der Waals surface area contributed by atoms with Crippen LogP contribution in [0.3, 0.4) is 0 Å². The van der Waals surface area contributed by atoms with Gasteiger partial charge in [0.15, 0.2) is 6.10 Å². The van der Waals surface area contributed by atoms with Crippen molar-refractivity contribution in [3.05, 3.63) is 21.9 Å². The van der Waals surface area contributed by atoms with Crippen LogP contribution in [0.2, 0.25) is 0 Å². The zero-order chi connectivity index (χ0) is 12.4. The Labute approximate surface area is 105 Å². The maximum absolute atomic E-state index is 10.9. The minimum Gasteiger partial charge on any atom is -0.479 e. The van der Waals surface area contributed by atoms with Gasteiger partial charge in [0.2, 0.25) is 0 Å². The molecule has 0 aliphatic carbocycles. The standard InChI is InChI=1S/C12H17NO3S/c1-8-3-6-17-11(8)9(2)13-4-5-16-10(7-13)12(14)15/h3,6,9-10H,4-5,7H2,1-2H3,(H,14,15). The maximum atomic E-state index is 10.9. The van der Waals surface area contributed by atoms with Crippen LogP contribution in [0.4, 0.5) is 0 Å². The van der Waals surface area contributed by atoms with E-state index in [2.05, 4.69) is 30.2 Å². The first kappa shape index (κ1) is 12.5. The molecule has 5 heteroatoms. The number of thiophene rings is 1. The monoisotopic (exact) mass is 255 g/mol. The van der Waals surface area contributed by atoms with E-state index in [1.54, 1.807) is 11.3 Å². The number of ether oxygens (including phenoxy) is 1. The second-order valence-electron chi connectivity index (χ2n) is 4.34. The van der Waals surface area contributed by atoms with Crippen molar-refractivity contribution in [2.24, 2.45) is 0 Å². The number of nitrogens with zero attached hydrogens (tertiary/aromatic N) is 1. The van der Waals surface area contributed by atoms with Crippen LogP contribution in [0.1, 0.15) is 23.4 Å². The fourth-order valence-electron chi connectivity index (χ4n) is 2.15. The number of aryl methyl sites for hydroxylation is 1. The minimum absolute atomic E-state index is 0.265. The molecule has 1 aromatic heterocycles. The number of aliphatic carboxylic acids is 1. The zero-order valence-corrected chi connectivity index (χ0v) is 10.9. The van der Waals surface area contributed by atoms with Crippen LogP contribution in [-0.2, 0) is 9.53 Å². The molecule has 0 bridgehead atoms. The van der Waals surface area contributed by atoms with Gasteiger partial charge >= 0.3 is 5.97 Å². The lowest BCUT2D eigenvalue weighted by Crippen LogP contribution is -2.46. The first-order valence-electron chi connectivity index (χ1n) is 5.72. The molecule has 2 unspecified atom stereocenters. The highest BCUT2D eigenvalue weighted by Gasteiger charge is 2.29. The molecule has 1 saturated heterocycles. The quantitative estimate of drug-likeness (QED) is 0.896. The van der Waals surface area contributed by atoms with Gasteiger partial charge in [0.05, 0.1) is 6.61 Å². The van der Waals surface area contributed by atoms with Gasteiger partial charge in [-0.1, -0.05) is 0 Å². The van der Waals surface area contributed by atoms with Gasteiger partial charge in [0.1, 0.15) is 0 Å². The largest absolute Gasteiger partial charge is 0.479 e. The number of morpholine rings is 1. The molecule has 1 N–H and O–H groups in total. The summed E-state index contributed by atoms with van der Waals surface area (Å²) in [6, 6.07) is 2.37. The minimum atomic E-state index is -0.871. The topological polar surface area (TPSA) is 49.8 Å². The van der Waals surface area contributed by atoms with Crippen molar-refractivity contribution < 1.29 is 14.6 Å². The molecule has 1 aliphatic rings. The van der Waals surface area contributed by atoms with E-state index in [-0.39, 0.29) is 6.04 Å². The third-order valence-corrected chi connectivity index (χ3v) is 4.39. The molecule has 94 valence electrons. The summed E-state index contributed by atoms with van der Waals surface area (Å²) in [5.74, 6) is -0.871. The van der Waals surface area contributed by atoms with Crippen LogP contribution >= 0.6 is 11.3 Å². The van der Waals surface area contributed by atoms with Gasteiger partial charge in [0, 0.05) is 24.0 Å².